The van der Waals surface area contributed by atoms with E-state index in [0.29, 0.717) is 50.2 Å². The van der Waals surface area contributed by atoms with Gasteiger partial charge in [0.05, 0.1) is 49.2 Å². The maximum absolute atomic E-state index is 10.4. The van der Waals surface area contributed by atoms with E-state index in [0.717, 1.165) is 60.8 Å². The summed E-state index contributed by atoms with van der Waals surface area (Å²) in [5.74, 6) is 1.40. The molecule has 2 aliphatic carbocycles. The van der Waals surface area contributed by atoms with E-state index >= 15 is 0 Å². The molecule has 11 aliphatic rings. The highest BCUT2D eigenvalue weighted by atomic mass is 79.9. The van der Waals surface area contributed by atoms with Crippen molar-refractivity contribution < 1.29 is 52.4 Å². The maximum Gasteiger partial charge on any atom is 0.167 e. The first-order chi connectivity index (χ1) is 24.6. The second-order valence-corrected chi connectivity index (χ2v) is 18.0. The Bertz CT molecular complexity index is 1930. The summed E-state index contributed by atoms with van der Waals surface area (Å²) < 4.78 is 16.7. The number of quaternary nitrogens is 2. The molecule has 2 aromatic carbocycles. The van der Waals surface area contributed by atoms with E-state index in [1.54, 1.807) is 11.1 Å². The lowest BCUT2D eigenvalue weighted by atomic mass is 9.52. The Kier molecular flexibility index (Phi) is 6.62. The number of para-hydroxylation sites is 2. The summed E-state index contributed by atoms with van der Waals surface area (Å²) in [5, 5.41) is 20.7. The van der Waals surface area contributed by atoms with Gasteiger partial charge >= 0.3 is 0 Å². The average Bonchev–Trinajstić information content (AvgIpc) is 3.75. The zero-order valence-corrected chi connectivity index (χ0v) is 32.5. The van der Waals surface area contributed by atoms with Crippen molar-refractivity contribution >= 4 is 11.4 Å². The van der Waals surface area contributed by atoms with Crippen LogP contribution in [0.25, 0.3) is 0 Å². The van der Waals surface area contributed by atoms with Crippen LogP contribution in [0.15, 0.2) is 71.8 Å². The summed E-state index contributed by atoms with van der Waals surface area (Å²) in [6.07, 6.45) is 9.30. The summed E-state index contributed by atoms with van der Waals surface area (Å²) >= 11 is 0. The van der Waals surface area contributed by atoms with Gasteiger partial charge in [-0.3, -0.25) is 0 Å². The van der Waals surface area contributed by atoms with Crippen molar-refractivity contribution in [3.8, 4) is 12.1 Å². The molecule has 4 bridgehead atoms. The first-order valence-electron chi connectivity index (χ1n) is 19.4. The average molecular weight is 825 g/mol. The molecule has 52 heavy (non-hydrogen) atoms. The SMILES string of the molecule is N#CC[N+]12CC[C@@]34c5ccccc5N5[C@@H]6OCC=C7C[N+]8(CC#N)CC[C@]9%10c%11ccccc%11N([C@@H]%11OCC=C(C1)[C@H](C[C@@H]32)C%11[C@H]54)[C@H]9[C@H]6[C@H]7C[C@@H]%108.[Br-].[Br-]. The van der Waals surface area contributed by atoms with E-state index in [-0.39, 0.29) is 81.2 Å². The molecule has 0 N–H and O–H groups in total. The van der Waals surface area contributed by atoms with Crippen LogP contribution < -0.4 is 43.8 Å². The van der Waals surface area contributed by atoms with E-state index < -0.39 is 0 Å². The number of halogens is 2. The minimum absolute atomic E-state index is 0. The zero-order chi connectivity index (χ0) is 32.8. The molecule has 13 rings (SSSR count). The van der Waals surface area contributed by atoms with Gasteiger partial charge in [0.2, 0.25) is 0 Å². The minimum atomic E-state index is -0.0515. The Morgan fingerprint density at radius 3 is 1.56 bits per heavy atom. The third-order valence-electron chi connectivity index (χ3n) is 17.2. The third-order valence-corrected chi connectivity index (χ3v) is 17.2. The van der Waals surface area contributed by atoms with Gasteiger partial charge in [0, 0.05) is 60.7 Å². The molecule has 2 aromatic rings. The highest BCUT2D eigenvalue weighted by Gasteiger charge is 2.80. The van der Waals surface area contributed by atoms with Crippen molar-refractivity contribution in [2.24, 2.45) is 23.7 Å². The number of nitriles is 2. The molecule has 10 heteroatoms. The van der Waals surface area contributed by atoms with Crippen LogP contribution in [-0.2, 0) is 20.3 Å². The molecule has 8 nitrogen and oxygen atoms in total. The van der Waals surface area contributed by atoms with Crippen LogP contribution in [0.2, 0.25) is 0 Å². The molecule has 0 aromatic heterocycles. The summed E-state index contributed by atoms with van der Waals surface area (Å²) in [7, 11) is 0. The lowest BCUT2D eigenvalue weighted by Crippen LogP contribution is -3.00. The molecule has 268 valence electrons. The Morgan fingerprint density at radius 1 is 0.673 bits per heavy atom. The number of nitrogens with zero attached hydrogens (tertiary/aromatic N) is 6. The maximum atomic E-state index is 10.4. The summed E-state index contributed by atoms with van der Waals surface area (Å²) in [5.41, 5.74) is 8.82. The minimum Gasteiger partial charge on any atom is -1.00 e. The van der Waals surface area contributed by atoms with E-state index in [9.17, 15) is 10.5 Å². The number of piperidine rings is 2. The van der Waals surface area contributed by atoms with E-state index in [1.165, 1.54) is 22.5 Å². The number of benzene rings is 2. The lowest BCUT2D eigenvalue weighted by Gasteiger charge is -2.65. The highest BCUT2D eigenvalue weighted by molar-refractivity contribution is 5.72. The Hall–Kier alpha value is -2.70. The van der Waals surface area contributed by atoms with Gasteiger partial charge in [-0.15, -0.1) is 0 Å². The predicted molar refractivity (Wildman–Crippen MR) is 185 cm³/mol. The van der Waals surface area contributed by atoms with Crippen LogP contribution in [0.5, 0.6) is 0 Å². The van der Waals surface area contributed by atoms with E-state index in [1.807, 2.05) is 0 Å². The summed E-state index contributed by atoms with van der Waals surface area (Å²) in [6.45, 7) is 6.56. The molecule has 9 heterocycles. The van der Waals surface area contributed by atoms with Gasteiger partial charge in [-0.1, -0.05) is 48.6 Å². The van der Waals surface area contributed by atoms with Crippen molar-refractivity contribution in [3.63, 3.8) is 0 Å². The molecular formula is C42H44Br2N6O2. The van der Waals surface area contributed by atoms with Crippen LogP contribution >= 0.6 is 0 Å². The standard InChI is InChI=1S/C42H44N6O2.2BrH/c43-13-17-47-15-11-41-29-5-1-3-7-31(29)45-37(41)35-27(21-33(41)47)25(23-47)10-20-50-40(35)46-32-8-4-2-6-30(32)42-12-16-48(18-14-44)24-26-9-19-49-39(45)36(38(42)46)28(26)22-34(42)48;;/h1-10,27-28,33-40H,11-12,15-24H2;2*1H/q+2;;/p-2/t27-,28-,33-,34-,35+,36?,37-,38-,39+,40+,41+,42+,47?,48?;;/m0../s1. The van der Waals surface area contributed by atoms with Crippen molar-refractivity contribution in [1.82, 2.24) is 0 Å². The fraction of sp³-hybridized carbons (Fsp3) is 0.571. The normalized spacial score (nSPS) is 47.7. The predicted octanol–water partition coefficient (Wildman–Crippen LogP) is -1.65. The number of hydrogen-bond acceptors (Lipinski definition) is 6. The number of ether oxygens (including phenoxy) is 2. The number of rotatable bonds is 2. The second-order valence-electron chi connectivity index (χ2n) is 18.0. The monoisotopic (exact) mass is 822 g/mol. The molecule has 9 aliphatic heterocycles. The molecule has 2 spiro atoms. The fourth-order valence-electron chi connectivity index (χ4n) is 16.1. The van der Waals surface area contributed by atoms with Crippen molar-refractivity contribution in [2.45, 2.75) is 73.1 Å². The van der Waals surface area contributed by atoms with Gasteiger partial charge in [-0.05, 0) is 34.4 Å². The number of hydrogen-bond donors (Lipinski definition) is 0. The topological polar surface area (TPSA) is 72.5 Å². The molecule has 5 saturated heterocycles. The van der Waals surface area contributed by atoms with Gasteiger partial charge in [0.25, 0.3) is 0 Å². The first-order valence-corrected chi connectivity index (χ1v) is 19.4. The van der Waals surface area contributed by atoms with Gasteiger partial charge in [0.15, 0.2) is 13.1 Å². The number of anilines is 2. The van der Waals surface area contributed by atoms with Gasteiger partial charge in [0.1, 0.15) is 49.8 Å². The van der Waals surface area contributed by atoms with Crippen LogP contribution in [0, 0.1) is 46.3 Å². The Morgan fingerprint density at radius 2 is 1.12 bits per heavy atom. The van der Waals surface area contributed by atoms with Crippen molar-refractivity contribution in [2.75, 3.05) is 62.3 Å². The Labute approximate surface area is 326 Å². The van der Waals surface area contributed by atoms with E-state index in [4.69, 9.17) is 9.47 Å². The number of fused-ring (bicyclic) bond motifs is 6. The van der Waals surface area contributed by atoms with Crippen molar-refractivity contribution in [3.05, 3.63) is 83.0 Å². The van der Waals surface area contributed by atoms with Gasteiger partial charge in [-0.2, -0.15) is 10.5 Å². The molecule has 0 amide bonds. The van der Waals surface area contributed by atoms with Crippen LogP contribution in [-0.4, -0.2) is 98.1 Å². The quantitative estimate of drug-likeness (QED) is 0.206. The summed E-state index contributed by atoms with van der Waals surface area (Å²) in [6, 6.07) is 25.6. The third kappa shape index (κ3) is 3.30. The summed E-state index contributed by atoms with van der Waals surface area (Å²) in [4.78, 5) is 5.76. The second kappa shape index (κ2) is 10.5. The molecule has 14 atom stereocenters. The molecule has 0 radical (unpaired) electrons. The molecule has 3 unspecified atom stereocenters. The molecule has 7 fully saturated rings. The van der Waals surface area contributed by atoms with Gasteiger partial charge < -0.3 is 62.2 Å². The van der Waals surface area contributed by atoms with Crippen LogP contribution in [0.4, 0.5) is 11.4 Å². The van der Waals surface area contributed by atoms with Crippen LogP contribution in [0.3, 0.4) is 0 Å². The molecule has 2 saturated carbocycles. The Balaban J connectivity index is 0.00000160. The fourth-order valence-corrected chi connectivity index (χ4v) is 16.1. The largest absolute Gasteiger partial charge is 1.00 e. The van der Waals surface area contributed by atoms with Gasteiger partial charge in [-0.25, -0.2) is 0 Å². The highest BCUT2D eigenvalue weighted by Crippen LogP contribution is 2.72. The smallest absolute Gasteiger partial charge is 0.167 e. The first kappa shape index (κ1) is 32.7. The van der Waals surface area contributed by atoms with E-state index in [2.05, 4.69) is 82.6 Å². The zero-order valence-electron chi connectivity index (χ0n) is 29.3. The van der Waals surface area contributed by atoms with Crippen LogP contribution in [0.1, 0.15) is 36.8 Å². The van der Waals surface area contributed by atoms with Crippen molar-refractivity contribution in [1.29, 1.82) is 10.5 Å². The molecular weight excluding hydrogens is 780 g/mol. The lowest BCUT2D eigenvalue weighted by molar-refractivity contribution is -0.937.